The average molecular weight is 407 g/mol. The Balaban J connectivity index is 0.00000272. The van der Waals surface area contributed by atoms with Gasteiger partial charge >= 0.3 is 0 Å². The summed E-state index contributed by atoms with van der Waals surface area (Å²) in [7, 11) is 0. The van der Waals surface area contributed by atoms with E-state index in [-0.39, 0.29) is 7.03 Å². The molecular formula is C28H38O2. The van der Waals surface area contributed by atoms with Gasteiger partial charge in [-0.15, -0.1) is 0 Å². The average Bonchev–Trinajstić information content (AvgIpc) is 2.73. The Hall–Kier alpha value is -1.93. The molecule has 1 aliphatic heterocycles. The number of Topliss-reactive ketones (excluding diaryl/α,β-unsaturated/α-hetero) is 1. The second-order valence-corrected chi connectivity index (χ2v) is 10.1. The fourth-order valence-corrected chi connectivity index (χ4v) is 5.36. The summed E-state index contributed by atoms with van der Waals surface area (Å²) in [6.07, 6.45) is 8.44. The predicted octanol–water partition coefficient (Wildman–Crippen LogP) is 6.62. The maximum absolute atomic E-state index is 12.7. The minimum Gasteiger partial charge on any atom is -0.376 e. The first kappa shape index (κ1) is 21.3. The van der Waals surface area contributed by atoms with Crippen molar-refractivity contribution < 1.29 is 11.0 Å². The molecule has 1 fully saturated rings. The Morgan fingerprint density at radius 2 is 1.80 bits per heavy atom. The Kier molecular flexibility index (Phi) is 6.43. The molecule has 0 aromatic heterocycles. The van der Waals surface area contributed by atoms with E-state index in [9.17, 15) is 4.79 Å². The van der Waals surface area contributed by atoms with Crippen molar-refractivity contribution >= 4 is 5.78 Å². The van der Waals surface area contributed by atoms with Gasteiger partial charge in [0.05, 0.1) is 5.60 Å². The van der Waals surface area contributed by atoms with E-state index in [4.69, 9.17) is 4.74 Å². The summed E-state index contributed by atoms with van der Waals surface area (Å²) in [5.74, 6) is 1.49. The van der Waals surface area contributed by atoms with Gasteiger partial charge in [0.2, 0.25) is 0 Å². The number of hydrogen-bond donors (Lipinski definition) is 0. The molecule has 30 heavy (non-hydrogen) atoms. The van der Waals surface area contributed by atoms with Gasteiger partial charge in [-0.2, -0.15) is 0 Å². The summed E-state index contributed by atoms with van der Waals surface area (Å²) in [6.45, 7) is 7.46. The molecule has 0 amide bonds. The van der Waals surface area contributed by atoms with Gasteiger partial charge in [0.25, 0.3) is 0 Å². The first-order chi connectivity index (χ1) is 14.4. The zero-order chi connectivity index (χ0) is 21.1. The van der Waals surface area contributed by atoms with Gasteiger partial charge < -0.3 is 4.74 Å². The van der Waals surface area contributed by atoms with Crippen molar-refractivity contribution in [1.82, 2.24) is 0 Å². The lowest BCUT2D eigenvalue weighted by atomic mass is 9.79. The van der Waals surface area contributed by atoms with Gasteiger partial charge in [0.15, 0.2) is 5.78 Å². The first-order valence-electron chi connectivity index (χ1n) is 11.8. The molecule has 4 rings (SSSR count). The SMILES string of the molecule is CCc1ccc(C(=O)C[C@H]2CCc3cc(CC4CCOC(C)(C)C4)ccc3C2)cc1.[HH]. The van der Waals surface area contributed by atoms with E-state index in [1.54, 1.807) is 0 Å². The summed E-state index contributed by atoms with van der Waals surface area (Å²) >= 11 is 0. The second kappa shape index (κ2) is 9.06. The van der Waals surface area contributed by atoms with E-state index in [2.05, 4.69) is 51.1 Å². The van der Waals surface area contributed by atoms with E-state index in [1.165, 1.54) is 28.7 Å². The third-order valence-electron chi connectivity index (χ3n) is 7.08. The number of hydrogen-bond acceptors (Lipinski definition) is 2. The van der Waals surface area contributed by atoms with Crippen LogP contribution in [-0.4, -0.2) is 18.0 Å². The lowest BCUT2D eigenvalue weighted by molar-refractivity contribution is -0.0721. The van der Waals surface area contributed by atoms with E-state index >= 15 is 0 Å². The Bertz CT molecular complexity index is 884. The lowest BCUT2D eigenvalue weighted by Gasteiger charge is -2.35. The highest BCUT2D eigenvalue weighted by Gasteiger charge is 2.29. The van der Waals surface area contributed by atoms with Gasteiger partial charge in [0, 0.05) is 20.0 Å². The van der Waals surface area contributed by atoms with Gasteiger partial charge in [0.1, 0.15) is 0 Å². The lowest BCUT2D eigenvalue weighted by Crippen LogP contribution is -2.34. The van der Waals surface area contributed by atoms with Crippen LogP contribution in [0.3, 0.4) is 0 Å². The van der Waals surface area contributed by atoms with Crippen molar-refractivity contribution in [3.8, 4) is 0 Å². The van der Waals surface area contributed by atoms with E-state index in [1.807, 2.05) is 12.1 Å². The highest BCUT2D eigenvalue weighted by Crippen LogP contribution is 2.33. The minimum atomic E-state index is 0. The van der Waals surface area contributed by atoms with E-state index < -0.39 is 0 Å². The van der Waals surface area contributed by atoms with Crippen LogP contribution in [0.15, 0.2) is 42.5 Å². The van der Waals surface area contributed by atoms with Gasteiger partial charge in [-0.25, -0.2) is 0 Å². The quantitative estimate of drug-likeness (QED) is 0.504. The number of ketones is 1. The van der Waals surface area contributed by atoms with Crippen LogP contribution in [0.4, 0.5) is 0 Å². The van der Waals surface area contributed by atoms with Gasteiger partial charge in [-0.05, 0) is 92.9 Å². The number of ether oxygens (including phenoxy) is 1. The van der Waals surface area contributed by atoms with Crippen LogP contribution in [0.25, 0.3) is 0 Å². The molecule has 1 heterocycles. The Morgan fingerprint density at radius 1 is 1.03 bits per heavy atom. The monoisotopic (exact) mass is 406 g/mol. The van der Waals surface area contributed by atoms with Crippen molar-refractivity contribution in [3.63, 3.8) is 0 Å². The largest absolute Gasteiger partial charge is 0.376 e. The van der Waals surface area contributed by atoms with Crippen molar-refractivity contribution in [2.45, 2.75) is 77.7 Å². The van der Waals surface area contributed by atoms with Gasteiger partial charge in [-0.1, -0.05) is 49.4 Å². The highest BCUT2D eigenvalue weighted by molar-refractivity contribution is 5.96. The molecule has 0 radical (unpaired) electrons. The summed E-state index contributed by atoms with van der Waals surface area (Å²) in [4.78, 5) is 12.7. The molecule has 0 saturated carbocycles. The topological polar surface area (TPSA) is 26.3 Å². The molecule has 2 atom stereocenters. The van der Waals surface area contributed by atoms with Crippen LogP contribution in [-0.2, 0) is 30.4 Å². The molecule has 2 nitrogen and oxygen atoms in total. The van der Waals surface area contributed by atoms with Crippen LogP contribution in [0, 0.1) is 11.8 Å². The Morgan fingerprint density at radius 3 is 2.53 bits per heavy atom. The molecule has 1 saturated heterocycles. The fourth-order valence-electron chi connectivity index (χ4n) is 5.36. The molecule has 2 aliphatic rings. The first-order valence-corrected chi connectivity index (χ1v) is 11.8. The maximum Gasteiger partial charge on any atom is 0.163 e. The van der Waals surface area contributed by atoms with Crippen molar-refractivity contribution in [2.24, 2.45) is 11.8 Å². The predicted molar refractivity (Wildman–Crippen MR) is 125 cm³/mol. The van der Waals surface area contributed by atoms with Crippen molar-refractivity contribution in [3.05, 3.63) is 70.3 Å². The molecule has 2 aromatic carbocycles. The zero-order valence-electron chi connectivity index (χ0n) is 18.9. The van der Waals surface area contributed by atoms with Gasteiger partial charge in [-0.3, -0.25) is 4.79 Å². The highest BCUT2D eigenvalue weighted by atomic mass is 16.5. The van der Waals surface area contributed by atoms with Crippen LogP contribution >= 0.6 is 0 Å². The number of rotatable bonds is 6. The summed E-state index contributed by atoms with van der Waals surface area (Å²) in [6, 6.07) is 15.3. The fraction of sp³-hybridized carbons (Fsp3) is 0.536. The number of fused-ring (bicyclic) bond motifs is 1. The number of benzene rings is 2. The molecule has 2 aromatic rings. The number of carbonyl (C=O) groups excluding carboxylic acids is 1. The van der Waals surface area contributed by atoms with Crippen LogP contribution in [0.5, 0.6) is 0 Å². The van der Waals surface area contributed by atoms with Crippen LogP contribution in [0.2, 0.25) is 0 Å². The number of aryl methyl sites for hydroxylation is 2. The smallest absolute Gasteiger partial charge is 0.163 e. The second-order valence-electron chi connectivity index (χ2n) is 10.1. The molecule has 162 valence electrons. The van der Waals surface area contributed by atoms with Crippen LogP contribution in [0.1, 0.15) is 80.5 Å². The van der Waals surface area contributed by atoms with Crippen molar-refractivity contribution in [1.29, 1.82) is 0 Å². The summed E-state index contributed by atoms with van der Waals surface area (Å²) < 4.78 is 5.88. The van der Waals surface area contributed by atoms with Crippen molar-refractivity contribution in [2.75, 3.05) is 6.61 Å². The molecule has 0 spiro atoms. The third-order valence-corrected chi connectivity index (χ3v) is 7.08. The molecule has 2 heteroatoms. The van der Waals surface area contributed by atoms with E-state index in [0.717, 1.165) is 56.6 Å². The van der Waals surface area contributed by atoms with E-state index in [0.29, 0.717) is 18.1 Å². The summed E-state index contributed by atoms with van der Waals surface area (Å²) in [5.41, 5.74) is 6.62. The molecule has 1 aliphatic carbocycles. The molecule has 0 N–H and O–H groups in total. The Labute approximate surface area is 183 Å². The summed E-state index contributed by atoms with van der Waals surface area (Å²) in [5, 5.41) is 0. The third kappa shape index (κ3) is 5.21. The number of carbonyl (C=O) groups is 1. The zero-order valence-corrected chi connectivity index (χ0v) is 18.9. The normalized spacial score (nSPS) is 23.0. The standard InChI is InChI=1S/C28H36O2.H2/c1-4-20-5-9-24(10-6-20)27(29)18-22-8-12-25-16-21(7-11-26(25)17-22)15-23-13-14-30-28(2,3)19-23;/h5-7,9-11,16,22-23H,4,8,12-15,17-19H2,1-3H3;1H/t22-,23?;/m0./s1. The molecule has 1 unspecified atom stereocenters. The molecular weight excluding hydrogens is 368 g/mol. The van der Waals surface area contributed by atoms with Crippen LogP contribution < -0.4 is 0 Å². The minimum absolute atomic E-state index is 0. The molecule has 0 bridgehead atoms. The maximum atomic E-state index is 12.7.